The lowest BCUT2D eigenvalue weighted by Gasteiger charge is -2.30. The summed E-state index contributed by atoms with van der Waals surface area (Å²) in [4.78, 5) is 27.0. The van der Waals surface area contributed by atoms with Gasteiger partial charge < -0.3 is 24.6 Å². The molecule has 1 heterocycles. The largest absolute Gasteiger partial charge is 0.504 e. The van der Waals surface area contributed by atoms with E-state index in [1.54, 1.807) is 26.0 Å². The molecule has 1 aliphatic rings. The van der Waals surface area contributed by atoms with Crippen LogP contribution in [0.1, 0.15) is 43.4 Å². The standard InChI is InChI=1S/C31H31NO6/c1-4-36-26-17-24(15-16-25(26)33)29-27(30(34)37-18-22-11-7-5-8-12-22)20(2)32-21(3)28(29)31(35)38-19-23-13-9-6-10-14-23/h5-17,29,32-33H,4,18-19H2,1-3H3. The summed E-state index contributed by atoms with van der Waals surface area (Å²) in [5.41, 5.74) is 3.98. The van der Waals surface area contributed by atoms with Crippen LogP contribution >= 0.6 is 0 Å². The maximum atomic E-state index is 13.5. The Hall–Kier alpha value is -4.52. The van der Waals surface area contributed by atoms with Crippen LogP contribution in [-0.4, -0.2) is 23.7 Å². The van der Waals surface area contributed by atoms with Crippen LogP contribution in [0.5, 0.6) is 11.5 Å². The molecule has 0 aromatic heterocycles. The highest BCUT2D eigenvalue weighted by atomic mass is 16.5. The van der Waals surface area contributed by atoms with Gasteiger partial charge in [-0.2, -0.15) is 0 Å². The number of nitrogens with one attached hydrogen (secondary N) is 1. The van der Waals surface area contributed by atoms with Crippen molar-refractivity contribution in [2.45, 2.75) is 39.9 Å². The number of carbonyl (C=O) groups is 2. The molecule has 7 heteroatoms. The van der Waals surface area contributed by atoms with Crippen molar-refractivity contribution in [2.24, 2.45) is 0 Å². The van der Waals surface area contributed by atoms with Gasteiger partial charge in [-0.05, 0) is 49.6 Å². The Labute approximate surface area is 222 Å². The Morgan fingerprint density at radius 1 is 0.789 bits per heavy atom. The van der Waals surface area contributed by atoms with Crippen molar-refractivity contribution >= 4 is 11.9 Å². The van der Waals surface area contributed by atoms with Crippen LogP contribution < -0.4 is 10.1 Å². The van der Waals surface area contributed by atoms with E-state index in [2.05, 4.69) is 5.32 Å². The molecular weight excluding hydrogens is 482 g/mol. The summed E-state index contributed by atoms with van der Waals surface area (Å²) in [6.07, 6.45) is 0. The minimum Gasteiger partial charge on any atom is -0.504 e. The summed E-state index contributed by atoms with van der Waals surface area (Å²) < 4.78 is 17.0. The van der Waals surface area contributed by atoms with Crippen molar-refractivity contribution in [2.75, 3.05) is 6.61 Å². The predicted molar refractivity (Wildman–Crippen MR) is 143 cm³/mol. The molecule has 196 valence electrons. The first-order valence-electron chi connectivity index (χ1n) is 12.4. The molecule has 38 heavy (non-hydrogen) atoms. The van der Waals surface area contributed by atoms with E-state index >= 15 is 0 Å². The number of dihydropyridines is 1. The first kappa shape index (κ1) is 26.5. The molecule has 3 aromatic carbocycles. The van der Waals surface area contributed by atoms with Gasteiger partial charge in [-0.25, -0.2) is 9.59 Å². The molecular formula is C31H31NO6. The fourth-order valence-corrected chi connectivity index (χ4v) is 4.45. The first-order chi connectivity index (χ1) is 18.4. The smallest absolute Gasteiger partial charge is 0.337 e. The van der Waals surface area contributed by atoms with Gasteiger partial charge in [0.05, 0.1) is 23.7 Å². The average molecular weight is 514 g/mol. The van der Waals surface area contributed by atoms with E-state index in [1.807, 2.05) is 67.6 Å². The summed E-state index contributed by atoms with van der Waals surface area (Å²) in [6, 6.07) is 23.6. The van der Waals surface area contributed by atoms with Gasteiger partial charge in [-0.3, -0.25) is 0 Å². The monoisotopic (exact) mass is 513 g/mol. The number of allylic oxidation sites excluding steroid dienone is 2. The SMILES string of the molecule is CCOc1cc(C2C(C(=O)OCc3ccccc3)=C(C)NC(C)=C2C(=O)OCc2ccccc2)ccc1O. The number of rotatable bonds is 9. The Morgan fingerprint density at radius 3 is 1.76 bits per heavy atom. The number of hydrogen-bond donors (Lipinski definition) is 2. The zero-order valence-electron chi connectivity index (χ0n) is 21.7. The third-order valence-electron chi connectivity index (χ3n) is 6.24. The molecule has 0 saturated carbocycles. The molecule has 0 unspecified atom stereocenters. The molecule has 2 N–H and O–H groups in total. The van der Waals surface area contributed by atoms with Crippen LogP contribution in [0.15, 0.2) is 101 Å². The highest BCUT2D eigenvalue weighted by Gasteiger charge is 2.38. The van der Waals surface area contributed by atoms with Gasteiger partial charge >= 0.3 is 11.9 Å². The van der Waals surface area contributed by atoms with Crippen LogP contribution in [0.4, 0.5) is 0 Å². The van der Waals surface area contributed by atoms with Crippen molar-refractivity contribution < 1.29 is 28.9 Å². The van der Waals surface area contributed by atoms with Crippen LogP contribution in [0.2, 0.25) is 0 Å². The fraction of sp³-hybridized carbons (Fsp3) is 0.226. The minimum absolute atomic E-state index is 0.0349. The van der Waals surface area contributed by atoms with Gasteiger partial charge in [0.1, 0.15) is 13.2 Å². The third kappa shape index (κ3) is 6.06. The number of phenolic OH excluding ortho intramolecular Hbond substituents is 1. The first-order valence-corrected chi connectivity index (χ1v) is 12.4. The number of hydrogen-bond acceptors (Lipinski definition) is 7. The van der Waals surface area contributed by atoms with E-state index in [0.717, 1.165) is 11.1 Å². The van der Waals surface area contributed by atoms with Crippen LogP contribution in [0.3, 0.4) is 0 Å². The van der Waals surface area contributed by atoms with Crippen LogP contribution in [-0.2, 0) is 32.3 Å². The predicted octanol–water partition coefficient (Wildman–Crippen LogP) is 5.51. The lowest BCUT2D eigenvalue weighted by Crippen LogP contribution is -2.32. The van der Waals surface area contributed by atoms with Gasteiger partial charge in [-0.1, -0.05) is 66.7 Å². The number of aromatic hydroxyl groups is 1. The van der Waals surface area contributed by atoms with Gasteiger partial charge in [-0.15, -0.1) is 0 Å². The third-order valence-corrected chi connectivity index (χ3v) is 6.24. The Kier molecular flexibility index (Phi) is 8.48. The van der Waals surface area contributed by atoms with E-state index in [9.17, 15) is 14.7 Å². The summed E-state index contributed by atoms with van der Waals surface area (Å²) in [7, 11) is 0. The van der Waals surface area contributed by atoms with E-state index in [1.165, 1.54) is 6.07 Å². The summed E-state index contributed by atoms with van der Waals surface area (Å²) in [5, 5.41) is 13.5. The quantitative estimate of drug-likeness (QED) is 0.364. The number of esters is 2. The number of ether oxygens (including phenoxy) is 3. The van der Waals surface area contributed by atoms with Crippen molar-refractivity contribution in [3.8, 4) is 11.5 Å². The van der Waals surface area contributed by atoms with Crippen LogP contribution in [0.25, 0.3) is 0 Å². The van der Waals surface area contributed by atoms with E-state index in [0.29, 0.717) is 23.6 Å². The Morgan fingerprint density at radius 2 is 1.29 bits per heavy atom. The lowest BCUT2D eigenvalue weighted by molar-refractivity contribution is -0.141. The summed E-state index contributed by atoms with van der Waals surface area (Å²) in [6.45, 7) is 5.85. The molecule has 0 saturated heterocycles. The van der Waals surface area contributed by atoms with Crippen molar-refractivity contribution in [3.63, 3.8) is 0 Å². The Bertz CT molecular complexity index is 1280. The molecule has 0 fully saturated rings. The minimum atomic E-state index is -0.803. The molecule has 0 aliphatic carbocycles. The van der Waals surface area contributed by atoms with E-state index in [4.69, 9.17) is 14.2 Å². The highest BCUT2D eigenvalue weighted by molar-refractivity contribution is 6.00. The molecule has 4 rings (SSSR count). The number of benzene rings is 3. The van der Waals surface area contributed by atoms with Gasteiger partial charge in [0.25, 0.3) is 0 Å². The second kappa shape index (κ2) is 12.1. The average Bonchev–Trinajstić information content (AvgIpc) is 2.92. The summed E-state index contributed by atoms with van der Waals surface area (Å²) >= 11 is 0. The van der Waals surface area contributed by atoms with Crippen LogP contribution in [0, 0.1) is 0 Å². The molecule has 1 aliphatic heterocycles. The molecule has 0 atom stereocenters. The van der Waals surface area contributed by atoms with Gasteiger partial charge in [0, 0.05) is 11.4 Å². The second-order valence-electron chi connectivity index (χ2n) is 8.92. The highest BCUT2D eigenvalue weighted by Crippen LogP contribution is 2.42. The maximum Gasteiger partial charge on any atom is 0.337 e. The maximum absolute atomic E-state index is 13.5. The number of carbonyl (C=O) groups excluding carboxylic acids is 2. The zero-order valence-corrected chi connectivity index (χ0v) is 21.7. The summed E-state index contributed by atoms with van der Waals surface area (Å²) in [5.74, 6) is -1.70. The van der Waals surface area contributed by atoms with Gasteiger partial charge in [0.15, 0.2) is 11.5 Å². The normalized spacial score (nSPS) is 13.7. The lowest BCUT2D eigenvalue weighted by atomic mass is 9.80. The second-order valence-corrected chi connectivity index (χ2v) is 8.92. The molecule has 0 spiro atoms. The van der Waals surface area contributed by atoms with E-state index in [-0.39, 0.29) is 35.9 Å². The molecule has 0 bridgehead atoms. The Balaban J connectivity index is 1.71. The molecule has 0 amide bonds. The van der Waals surface area contributed by atoms with E-state index < -0.39 is 17.9 Å². The topological polar surface area (TPSA) is 94.1 Å². The van der Waals surface area contributed by atoms with Crippen molar-refractivity contribution in [3.05, 3.63) is 118 Å². The molecule has 3 aromatic rings. The van der Waals surface area contributed by atoms with Gasteiger partial charge in [0.2, 0.25) is 0 Å². The molecule has 7 nitrogen and oxygen atoms in total. The fourth-order valence-electron chi connectivity index (χ4n) is 4.45. The van der Waals surface area contributed by atoms with Crippen molar-refractivity contribution in [1.82, 2.24) is 5.32 Å². The number of phenols is 1. The van der Waals surface area contributed by atoms with Crippen molar-refractivity contribution in [1.29, 1.82) is 0 Å². The zero-order chi connectivity index (χ0) is 27.1. The molecule has 0 radical (unpaired) electrons.